The summed E-state index contributed by atoms with van der Waals surface area (Å²) < 4.78 is 63.8. The van der Waals surface area contributed by atoms with E-state index in [4.69, 9.17) is 9.47 Å². The molecule has 150 valence electrons. The maximum atomic E-state index is 12.8. The number of amides is 1. The van der Waals surface area contributed by atoms with Crippen LogP contribution in [0.2, 0.25) is 0 Å². The van der Waals surface area contributed by atoms with Gasteiger partial charge in [0.05, 0.1) is 24.2 Å². The van der Waals surface area contributed by atoms with Crippen molar-refractivity contribution in [3.05, 3.63) is 18.2 Å². The molecular weight excluding hydrogens is 396 g/mol. The van der Waals surface area contributed by atoms with E-state index in [2.05, 4.69) is 4.72 Å². The minimum absolute atomic E-state index is 0.0153. The fourth-order valence-electron chi connectivity index (χ4n) is 3.06. The Morgan fingerprint density at radius 3 is 2.74 bits per heavy atom. The molecule has 2 saturated heterocycles. The maximum Gasteiger partial charge on any atom is 0.244 e. The number of hydrogen-bond donors (Lipinski definition) is 1. The minimum Gasteiger partial charge on any atom is -0.492 e. The van der Waals surface area contributed by atoms with E-state index in [-0.39, 0.29) is 47.8 Å². The summed E-state index contributed by atoms with van der Waals surface area (Å²) in [6.45, 7) is 2.65. The van der Waals surface area contributed by atoms with Crippen molar-refractivity contribution < 1.29 is 31.1 Å². The van der Waals surface area contributed by atoms with Crippen molar-refractivity contribution in [3.63, 3.8) is 0 Å². The first kappa shape index (κ1) is 20.1. The first-order chi connectivity index (χ1) is 12.7. The number of nitrogens with zero attached hydrogens (tertiary/aromatic N) is 1. The molecule has 1 N–H and O–H groups in total. The zero-order valence-corrected chi connectivity index (χ0v) is 16.5. The van der Waals surface area contributed by atoms with Crippen molar-refractivity contribution in [1.82, 2.24) is 4.72 Å². The highest BCUT2D eigenvalue weighted by molar-refractivity contribution is 7.94. The summed E-state index contributed by atoms with van der Waals surface area (Å²) in [4.78, 5) is 11.8. The molecule has 1 aromatic rings. The van der Waals surface area contributed by atoms with Crippen LogP contribution >= 0.6 is 0 Å². The number of rotatable bonds is 7. The van der Waals surface area contributed by atoms with Crippen LogP contribution in [0.15, 0.2) is 23.1 Å². The standard InChI is InChI=1S/C16H22N2O7S2/c1-2-24-14-6-5-12(18-16(19)7-9-26(18,20)21)10-15(14)27(22,23)17-11-13-4-3-8-25-13/h5-6,10,13,17H,2-4,7-9,11H2,1H3. The number of carbonyl (C=O) groups is 1. The molecule has 2 heterocycles. The molecule has 1 atom stereocenters. The highest BCUT2D eigenvalue weighted by Gasteiger charge is 2.37. The Bertz CT molecular complexity index is 922. The molecule has 2 aliphatic rings. The van der Waals surface area contributed by atoms with E-state index in [1.807, 2.05) is 0 Å². The van der Waals surface area contributed by atoms with Gasteiger partial charge < -0.3 is 9.47 Å². The van der Waals surface area contributed by atoms with Crippen LogP contribution in [0.4, 0.5) is 5.69 Å². The van der Waals surface area contributed by atoms with Crippen molar-refractivity contribution in [3.8, 4) is 5.75 Å². The minimum atomic E-state index is -4.00. The summed E-state index contributed by atoms with van der Waals surface area (Å²) in [5.74, 6) is -0.793. The molecule has 0 spiro atoms. The number of hydrogen-bond acceptors (Lipinski definition) is 7. The Morgan fingerprint density at radius 2 is 2.15 bits per heavy atom. The normalized spacial score (nSPS) is 22.3. The number of sulfonamides is 2. The molecule has 9 nitrogen and oxygen atoms in total. The third-order valence-corrected chi connectivity index (χ3v) is 7.49. The molecule has 1 amide bonds. The lowest BCUT2D eigenvalue weighted by atomic mass is 10.2. The second-order valence-corrected chi connectivity index (χ2v) is 9.95. The average Bonchev–Trinajstić information content (AvgIpc) is 3.22. The molecular formula is C16H22N2O7S2. The van der Waals surface area contributed by atoms with E-state index in [1.54, 1.807) is 6.92 Å². The zero-order valence-electron chi connectivity index (χ0n) is 14.9. The van der Waals surface area contributed by atoms with Crippen LogP contribution in [-0.2, 0) is 29.6 Å². The fourth-order valence-corrected chi connectivity index (χ4v) is 5.74. The molecule has 1 unspecified atom stereocenters. The quantitative estimate of drug-likeness (QED) is 0.689. The van der Waals surface area contributed by atoms with Gasteiger partial charge >= 0.3 is 0 Å². The summed E-state index contributed by atoms with van der Waals surface area (Å²) in [5, 5.41) is 0. The molecule has 0 bridgehead atoms. The molecule has 0 saturated carbocycles. The van der Waals surface area contributed by atoms with Crippen molar-refractivity contribution in [2.75, 3.05) is 29.8 Å². The highest BCUT2D eigenvalue weighted by atomic mass is 32.2. The molecule has 2 fully saturated rings. The van der Waals surface area contributed by atoms with Crippen molar-refractivity contribution >= 4 is 31.6 Å². The molecule has 0 radical (unpaired) electrons. The van der Waals surface area contributed by atoms with E-state index in [9.17, 15) is 21.6 Å². The van der Waals surface area contributed by atoms with Gasteiger partial charge in [-0.25, -0.2) is 25.9 Å². The molecule has 0 aromatic heterocycles. The number of nitrogens with one attached hydrogen (secondary N) is 1. The van der Waals surface area contributed by atoms with Gasteiger partial charge in [0.2, 0.25) is 26.0 Å². The van der Waals surface area contributed by atoms with Crippen molar-refractivity contribution in [1.29, 1.82) is 0 Å². The van der Waals surface area contributed by atoms with Crippen LogP contribution in [-0.4, -0.2) is 54.4 Å². The van der Waals surface area contributed by atoms with E-state index >= 15 is 0 Å². The van der Waals surface area contributed by atoms with Gasteiger partial charge in [-0.05, 0) is 38.0 Å². The van der Waals surface area contributed by atoms with Crippen LogP contribution in [0, 0.1) is 0 Å². The van der Waals surface area contributed by atoms with E-state index in [0.29, 0.717) is 10.9 Å². The van der Waals surface area contributed by atoms with Crippen LogP contribution < -0.4 is 13.8 Å². The van der Waals surface area contributed by atoms with Crippen LogP contribution in [0.1, 0.15) is 26.2 Å². The van der Waals surface area contributed by atoms with E-state index in [1.165, 1.54) is 12.1 Å². The third kappa shape index (κ3) is 4.26. The van der Waals surface area contributed by atoms with Gasteiger partial charge in [-0.15, -0.1) is 0 Å². The monoisotopic (exact) mass is 418 g/mol. The van der Waals surface area contributed by atoms with Crippen molar-refractivity contribution in [2.24, 2.45) is 0 Å². The van der Waals surface area contributed by atoms with E-state index < -0.39 is 26.0 Å². The van der Waals surface area contributed by atoms with Crippen LogP contribution in [0.25, 0.3) is 0 Å². The van der Waals surface area contributed by atoms with Crippen LogP contribution in [0.3, 0.4) is 0 Å². The SMILES string of the molecule is CCOc1ccc(N2C(=O)CCS2(=O)=O)cc1S(=O)(=O)NCC1CCCO1. The highest BCUT2D eigenvalue weighted by Crippen LogP contribution is 2.32. The predicted octanol–water partition coefficient (Wildman–Crippen LogP) is 0.609. The Morgan fingerprint density at radius 1 is 1.37 bits per heavy atom. The summed E-state index contributed by atoms with van der Waals surface area (Å²) in [6.07, 6.45) is 1.32. The van der Waals surface area contributed by atoms with Crippen LogP contribution in [0.5, 0.6) is 5.75 Å². The molecule has 0 aliphatic carbocycles. The lowest BCUT2D eigenvalue weighted by molar-refractivity contribution is -0.116. The smallest absolute Gasteiger partial charge is 0.244 e. The first-order valence-corrected chi connectivity index (χ1v) is 11.8. The number of benzene rings is 1. The average molecular weight is 418 g/mol. The lowest BCUT2D eigenvalue weighted by Gasteiger charge is -2.19. The van der Waals surface area contributed by atoms with Gasteiger partial charge in [-0.3, -0.25) is 4.79 Å². The second kappa shape index (κ2) is 7.74. The summed E-state index contributed by atoms with van der Waals surface area (Å²) in [5.41, 5.74) is -0.0153. The molecule has 11 heteroatoms. The summed E-state index contributed by atoms with van der Waals surface area (Å²) >= 11 is 0. The first-order valence-electron chi connectivity index (χ1n) is 8.68. The Hall–Kier alpha value is -1.69. The zero-order chi connectivity index (χ0) is 19.7. The largest absolute Gasteiger partial charge is 0.492 e. The Kier molecular flexibility index (Phi) is 5.75. The van der Waals surface area contributed by atoms with Gasteiger partial charge in [0, 0.05) is 19.6 Å². The molecule has 27 heavy (non-hydrogen) atoms. The van der Waals surface area contributed by atoms with Gasteiger partial charge in [-0.1, -0.05) is 0 Å². The van der Waals surface area contributed by atoms with Gasteiger partial charge in [0.1, 0.15) is 10.6 Å². The number of anilines is 1. The maximum absolute atomic E-state index is 12.8. The lowest BCUT2D eigenvalue weighted by Crippen LogP contribution is -2.33. The number of ether oxygens (including phenoxy) is 2. The predicted molar refractivity (Wildman–Crippen MR) is 97.7 cm³/mol. The van der Waals surface area contributed by atoms with E-state index in [0.717, 1.165) is 18.9 Å². The van der Waals surface area contributed by atoms with Gasteiger partial charge in [0.25, 0.3) is 0 Å². The molecule has 2 aliphatic heterocycles. The summed E-state index contributed by atoms with van der Waals surface area (Å²) in [6, 6.07) is 3.88. The molecule has 3 rings (SSSR count). The second-order valence-electron chi connectivity index (χ2n) is 6.28. The molecule has 1 aromatic carbocycles. The topological polar surface area (TPSA) is 119 Å². The number of carbonyl (C=O) groups excluding carboxylic acids is 1. The Balaban J connectivity index is 1.95. The summed E-state index contributed by atoms with van der Waals surface area (Å²) in [7, 11) is -7.79. The fraction of sp³-hybridized carbons (Fsp3) is 0.562. The van der Waals surface area contributed by atoms with Gasteiger partial charge in [0.15, 0.2) is 0 Å². The Labute approximate surface area is 158 Å². The van der Waals surface area contributed by atoms with Crippen molar-refractivity contribution in [2.45, 2.75) is 37.2 Å². The third-order valence-electron chi connectivity index (χ3n) is 4.35. The van der Waals surface area contributed by atoms with Gasteiger partial charge in [-0.2, -0.15) is 0 Å².